The molecule has 0 heterocycles. The number of nitrogens with zero attached hydrogens (tertiary/aromatic N) is 2. The van der Waals surface area contributed by atoms with E-state index < -0.39 is 0 Å². The molecular formula is C7H18N4O. The number of likely N-dealkylation sites (N-methyl/N-ethyl adjacent to an activating group) is 2. The number of hydrogen-bond donors (Lipinski definition) is 2. The van der Waals surface area contributed by atoms with Crippen LogP contribution in [-0.2, 0) is 4.79 Å². The summed E-state index contributed by atoms with van der Waals surface area (Å²) < 4.78 is 0. The maximum Gasteiger partial charge on any atom is 0.250 e. The van der Waals surface area contributed by atoms with Crippen molar-refractivity contribution in [3.63, 3.8) is 0 Å². The lowest BCUT2D eigenvalue weighted by Gasteiger charge is -2.18. The standard InChI is InChI=1S/C7H18N4O/c1-9-6-7(12)11(8)5-4-10(2)3/h9H,4-6,8H2,1-3H3. The van der Waals surface area contributed by atoms with Gasteiger partial charge < -0.3 is 10.2 Å². The number of amides is 1. The number of hydrazine groups is 1. The Balaban J connectivity index is 3.56. The van der Waals surface area contributed by atoms with Crippen LogP contribution in [0.15, 0.2) is 0 Å². The third-order valence-electron chi connectivity index (χ3n) is 1.44. The van der Waals surface area contributed by atoms with E-state index in [0.717, 1.165) is 6.54 Å². The summed E-state index contributed by atoms with van der Waals surface area (Å²) in [6.07, 6.45) is 0. The van der Waals surface area contributed by atoms with Gasteiger partial charge in [-0.05, 0) is 21.1 Å². The van der Waals surface area contributed by atoms with Crippen LogP contribution in [0.3, 0.4) is 0 Å². The maximum absolute atomic E-state index is 11.1. The zero-order valence-corrected chi connectivity index (χ0v) is 8.00. The van der Waals surface area contributed by atoms with Crippen LogP contribution in [0.2, 0.25) is 0 Å². The van der Waals surface area contributed by atoms with Gasteiger partial charge in [0.2, 0.25) is 5.91 Å². The van der Waals surface area contributed by atoms with E-state index in [1.807, 2.05) is 19.0 Å². The molecule has 3 N–H and O–H groups in total. The van der Waals surface area contributed by atoms with Crippen LogP contribution < -0.4 is 11.2 Å². The van der Waals surface area contributed by atoms with Crippen molar-refractivity contribution < 1.29 is 4.79 Å². The van der Waals surface area contributed by atoms with Gasteiger partial charge in [0.05, 0.1) is 6.54 Å². The number of hydrogen-bond acceptors (Lipinski definition) is 4. The summed E-state index contributed by atoms with van der Waals surface area (Å²) in [5.41, 5.74) is 0. The summed E-state index contributed by atoms with van der Waals surface area (Å²) in [6, 6.07) is 0. The Hall–Kier alpha value is -0.650. The first-order chi connectivity index (χ1) is 5.57. The Kier molecular flexibility index (Phi) is 5.61. The van der Waals surface area contributed by atoms with Crippen molar-refractivity contribution in [1.29, 1.82) is 0 Å². The summed E-state index contributed by atoms with van der Waals surface area (Å²) in [5, 5.41) is 3.98. The molecule has 0 aliphatic rings. The van der Waals surface area contributed by atoms with Gasteiger partial charge in [0.25, 0.3) is 0 Å². The van der Waals surface area contributed by atoms with Crippen molar-refractivity contribution in [2.24, 2.45) is 5.84 Å². The Labute approximate surface area is 73.5 Å². The molecule has 0 fully saturated rings. The third kappa shape index (κ3) is 5.06. The molecule has 0 aromatic rings. The smallest absolute Gasteiger partial charge is 0.250 e. The summed E-state index contributed by atoms with van der Waals surface area (Å²) in [5.74, 6) is 5.38. The van der Waals surface area contributed by atoms with Crippen LogP contribution in [0.5, 0.6) is 0 Å². The fourth-order valence-electron chi connectivity index (χ4n) is 0.685. The highest BCUT2D eigenvalue weighted by molar-refractivity contribution is 5.77. The fraction of sp³-hybridized carbons (Fsp3) is 0.857. The van der Waals surface area contributed by atoms with Crippen molar-refractivity contribution in [2.45, 2.75) is 0 Å². The van der Waals surface area contributed by atoms with Crippen molar-refractivity contribution in [3.05, 3.63) is 0 Å². The van der Waals surface area contributed by atoms with Gasteiger partial charge in [-0.3, -0.25) is 9.80 Å². The van der Waals surface area contributed by atoms with Gasteiger partial charge in [0.1, 0.15) is 0 Å². The van der Waals surface area contributed by atoms with Crippen LogP contribution in [0.4, 0.5) is 0 Å². The van der Waals surface area contributed by atoms with Gasteiger partial charge in [0, 0.05) is 13.1 Å². The maximum atomic E-state index is 11.1. The molecule has 0 radical (unpaired) electrons. The highest BCUT2D eigenvalue weighted by Gasteiger charge is 2.06. The zero-order valence-electron chi connectivity index (χ0n) is 8.00. The minimum absolute atomic E-state index is 0.0839. The molecule has 0 rings (SSSR count). The van der Waals surface area contributed by atoms with Gasteiger partial charge >= 0.3 is 0 Å². The Morgan fingerprint density at radius 1 is 1.42 bits per heavy atom. The fourth-order valence-corrected chi connectivity index (χ4v) is 0.685. The monoisotopic (exact) mass is 174 g/mol. The van der Waals surface area contributed by atoms with Crippen molar-refractivity contribution in [3.8, 4) is 0 Å². The number of nitrogens with two attached hydrogens (primary N) is 1. The molecule has 0 aromatic carbocycles. The quantitative estimate of drug-likeness (QED) is 0.301. The van der Waals surface area contributed by atoms with E-state index in [1.165, 1.54) is 5.01 Å². The predicted molar refractivity (Wildman–Crippen MR) is 48.4 cm³/mol. The minimum Gasteiger partial charge on any atom is -0.311 e. The second-order valence-corrected chi connectivity index (χ2v) is 2.92. The second kappa shape index (κ2) is 5.93. The van der Waals surface area contributed by atoms with Gasteiger partial charge in [-0.15, -0.1) is 0 Å². The van der Waals surface area contributed by atoms with Crippen molar-refractivity contribution in [2.75, 3.05) is 40.8 Å². The summed E-state index contributed by atoms with van der Waals surface area (Å²) in [4.78, 5) is 13.1. The number of carbonyl (C=O) groups excluding carboxylic acids is 1. The van der Waals surface area contributed by atoms with E-state index in [9.17, 15) is 4.79 Å². The molecule has 0 spiro atoms. The number of carbonyl (C=O) groups is 1. The third-order valence-corrected chi connectivity index (χ3v) is 1.44. The van der Waals surface area contributed by atoms with Gasteiger partial charge in [-0.1, -0.05) is 0 Å². The first-order valence-corrected chi connectivity index (χ1v) is 3.92. The average Bonchev–Trinajstić information content (AvgIpc) is 2.00. The number of rotatable bonds is 5. The zero-order chi connectivity index (χ0) is 9.56. The van der Waals surface area contributed by atoms with E-state index in [0.29, 0.717) is 13.1 Å². The molecule has 0 saturated carbocycles. The van der Waals surface area contributed by atoms with E-state index in [4.69, 9.17) is 5.84 Å². The Morgan fingerprint density at radius 3 is 2.42 bits per heavy atom. The Morgan fingerprint density at radius 2 is 2.00 bits per heavy atom. The minimum atomic E-state index is -0.0839. The molecule has 1 amide bonds. The lowest BCUT2D eigenvalue weighted by Crippen LogP contribution is -2.45. The van der Waals surface area contributed by atoms with Gasteiger partial charge in [-0.2, -0.15) is 0 Å². The van der Waals surface area contributed by atoms with E-state index in [-0.39, 0.29) is 5.91 Å². The molecule has 0 aliphatic carbocycles. The summed E-state index contributed by atoms with van der Waals surface area (Å²) >= 11 is 0. The molecule has 0 aromatic heterocycles. The molecular weight excluding hydrogens is 156 g/mol. The van der Waals surface area contributed by atoms with Crippen LogP contribution in [-0.4, -0.2) is 56.6 Å². The molecule has 0 bridgehead atoms. The van der Waals surface area contributed by atoms with Crippen LogP contribution in [0.1, 0.15) is 0 Å². The second-order valence-electron chi connectivity index (χ2n) is 2.92. The Bertz CT molecular complexity index is 137. The van der Waals surface area contributed by atoms with Crippen molar-refractivity contribution >= 4 is 5.91 Å². The number of nitrogens with one attached hydrogen (secondary N) is 1. The molecule has 0 atom stereocenters. The SMILES string of the molecule is CNCC(=O)N(N)CCN(C)C. The first kappa shape index (κ1) is 11.4. The highest BCUT2D eigenvalue weighted by Crippen LogP contribution is 1.81. The molecule has 0 saturated heterocycles. The first-order valence-electron chi connectivity index (χ1n) is 3.92. The van der Waals surface area contributed by atoms with Gasteiger partial charge in [0.15, 0.2) is 0 Å². The largest absolute Gasteiger partial charge is 0.311 e. The van der Waals surface area contributed by atoms with E-state index >= 15 is 0 Å². The molecule has 5 nitrogen and oxygen atoms in total. The molecule has 0 unspecified atom stereocenters. The highest BCUT2D eigenvalue weighted by atomic mass is 16.2. The molecule has 5 heteroatoms. The van der Waals surface area contributed by atoms with Crippen LogP contribution in [0, 0.1) is 0 Å². The lowest BCUT2D eigenvalue weighted by atomic mass is 10.5. The van der Waals surface area contributed by atoms with Crippen LogP contribution >= 0.6 is 0 Å². The normalized spacial score (nSPS) is 10.4. The lowest BCUT2D eigenvalue weighted by molar-refractivity contribution is -0.130. The molecule has 12 heavy (non-hydrogen) atoms. The van der Waals surface area contributed by atoms with Crippen LogP contribution in [0.25, 0.3) is 0 Å². The van der Waals surface area contributed by atoms with E-state index in [2.05, 4.69) is 5.32 Å². The average molecular weight is 174 g/mol. The molecule has 0 aliphatic heterocycles. The van der Waals surface area contributed by atoms with E-state index in [1.54, 1.807) is 7.05 Å². The predicted octanol–water partition coefficient (Wildman–Crippen LogP) is -1.53. The summed E-state index contributed by atoms with van der Waals surface area (Å²) in [6.45, 7) is 1.64. The molecule has 72 valence electrons. The summed E-state index contributed by atoms with van der Waals surface area (Å²) in [7, 11) is 5.60. The van der Waals surface area contributed by atoms with Crippen molar-refractivity contribution in [1.82, 2.24) is 15.2 Å². The van der Waals surface area contributed by atoms with Gasteiger partial charge in [-0.25, -0.2) is 5.84 Å². The topological polar surface area (TPSA) is 61.6 Å².